The maximum atomic E-state index is 6.41. The van der Waals surface area contributed by atoms with Gasteiger partial charge in [-0.1, -0.05) is 36.0 Å². The molecule has 0 saturated heterocycles. The van der Waals surface area contributed by atoms with Gasteiger partial charge in [-0.2, -0.15) is 5.10 Å². The Balaban J connectivity index is 1.76. The minimum atomic E-state index is 0.460. The summed E-state index contributed by atoms with van der Waals surface area (Å²) in [6.07, 6.45) is 8.55. The van der Waals surface area contributed by atoms with E-state index in [1.807, 2.05) is 22.9 Å². The highest BCUT2D eigenvalue weighted by molar-refractivity contribution is 6.32. The molecule has 1 N–H and O–H groups in total. The molecule has 140 valence electrons. The number of aromatic nitrogens is 4. The van der Waals surface area contributed by atoms with Gasteiger partial charge < -0.3 is 5.32 Å². The number of hydrogen-bond acceptors (Lipinski definition) is 4. The summed E-state index contributed by atoms with van der Waals surface area (Å²) < 4.78 is 1.81. The zero-order valence-corrected chi connectivity index (χ0v) is 16.6. The van der Waals surface area contributed by atoms with Crippen LogP contribution in [0, 0.1) is 6.92 Å². The van der Waals surface area contributed by atoms with Crippen LogP contribution in [0.2, 0.25) is 10.2 Å². The van der Waals surface area contributed by atoms with Crippen molar-refractivity contribution in [1.29, 1.82) is 0 Å². The molecule has 0 spiro atoms. The van der Waals surface area contributed by atoms with E-state index < -0.39 is 0 Å². The fourth-order valence-corrected chi connectivity index (χ4v) is 3.93. The monoisotopic (exact) mass is 401 g/mol. The van der Waals surface area contributed by atoms with Crippen LogP contribution in [0.4, 0.5) is 0 Å². The molecule has 4 rings (SSSR count). The summed E-state index contributed by atoms with van der Waals surface area (Å²) in [6, 6.07) is 7.94. The predicted octanol–water partition coefficient (Wildman–Crippen LogP) is 4.98. The van der Waals surface area contributed by atoms with Crippen LogP contribution in [-0.2, 0) is 6.54 Å². The molecule has 0 radical (unpaired) electrons. The minimum absolute atomic E-state index is 0.460. The third-order valence-corrected chi connectivity index (χ3v) is 5.59. The Morgan fingerprint density at radius 1 is 1.15 bits per heavy atom. The van der Waals surface area contributed by atoms with Crippen LogP contribution in [0.15, 0.2) is 36.7 Å². The van der Waals surface area contributed by atoms with Crippen molar-refractivity contribution < 1.29 is 0 Å². The highest BCUT2D eigenvalue weighted by atomic mass is 35.5. The molecule has 0 bridgehead atoms. The van der Waals surface area contributed by atoms with E-state index in [9.17, 15) is 0 Å². The largest absolute Gasteiger partial charge is 0.308 e. The summed E-state index contributed by atoms with van der Waals surface area (Å²) in [4.78, 5) is 8.67. The van der Waals surface area contributed by atoms with E-state index in [1.54, 1.807) is 18.5 Å². The van der Waals surface area contributed by atoms with Crippen molar-refractivity contribution >= 4 is 23.2 Å². The van der Waals surface area contributed by atoms with Crippen molar-refractivity contribution in [2.24, 2.45) is 0 Å². The Morgan fingerprint density at radius 2 is 1.96 bits per heavy atom. The summed E-state index contributed by atoms with van der Waals surface area (Å²) >= 11 is 12.4. The summed E-state index contributed by atoms with van der Waals surface area (Å²) in [7, 11) is 0. The first-order valence-electron chi connectivity index (χ1n) is 9.18. The molecule has 0 atom stereocenters. The van der Waals surface area contributed by atoms with Crippen LogP contribution >= 0.6 is 23.2 Å². The van der Waals surface area contributed by atoms with Crippen LogP contribution in [0.5, 0.6) is 0 Å². The van der Waals surface area contributed by atoms with Crippen molar-refractivity contribution in [3.63, 3.8) is 0 Å². The van der Waals surface area contributed by atoms with Gasteiger partial charge in [-0.25, -0.2) is 14.6 Å². The van der Waals surface area contributed by atoms with Gasteiger partial charge in [-0.3, -0.25) is 0 Å². The van der Waals surface area contributed by atoms with E-state index in [0.717, 1.165) is 29.1 Å². The smallest absolute Gasteiger partial charge is 0.172 e. The summed E-state index contributed by atoms with van der Waals surface area (Å²) in [6.45, 7) is 2.80. The van der Waals surface area contributed by atoms with Gasteiger partial charge in [-0.15, -0.1) is 0 Å². The molecule has 0 amide bonds. The predicted molar refractivity (Wildman–Crippen MR) is 108 cm³/mol. The number of nitrogens with zero attached hydrogens (tertiary/aromatic N) is 4. The number of nitrogens with one attached hydrogen (secondary N) is 1. The first-order chi connectivity index (χ1) is 13.1. The molecular weight excluding hydrogens is 381 g/mol. The molecule has 3 aromatic heterocycles. The number of rotatable bonds is 5. The lowest BCUT2D eigenvalue weighted by Crippen LogP contribution is -2.25. The Labute approximate surface area is 168 Å². The molecule has 0 unspecified atom stereocenters. The second-order valence-electron chi connectivity index (χ2n) is 6.87. The van der Waals surface area contributed by atoms with Crippen molar-refractivity contribution in [1.82, 2.24) is 25.1 Å². The van der Waals surface area contributed by atoms with E-state index in [1.165, 1.54) is 25.7 Å². The maximum absolute atomic E-state index is 6.41. The molecule has 1 aliphatic carbocycles. The molecule has 27 heavy (non-hydrogen) atoms. The highest BCUT2D eigenvalue weighted by Gasteiger charge is 2.21. The van der Waals surface area contributed by atoms with Gasteiger partial charge in [-0.05, 0) is 44.0 Å². The fourth-order valence-electron chi connectivity index (χ4n) is 3.62. The lowest BCUT2D eigenvalue weighted by molar-refractivity contribution is 0.517. The van der Waals surface area contributed by atoms with Crippen molar-refractivity contribution in [3.8, 4) is 17.1 Å². The van der Waals surface area contributed by atoms with Gasteiger partial charge in [0.25, 0.3) is 0 Å². The molecule has 5 nitrogen and oxygen atoms in total. The Hall–Kier alpha value is -1.95. The topological polar surface area (TPSA) is 55.6 Å². The van der Waals surface area contributed by atoms with Gasteiger partial charge in [0.15, 0.2) is 5.82 Å². The first-order valence-corrected chi connectivity index (χ1v) is 9.94. The van der Waals surface area contributed by atoms with Crippen molar-refractivity contribution in [3.05, 3.63) is 58.1 Å². The van der Waals surface area contributed by atoms with Crippen LogP contribution in [0.3, 0.4) is 0 Å². The van der Waals surface area contributed by atoms with Crippen LogP contribution in [0.25, 0.3) is 17.1 Å². The van der Waals surface area contributed by atoms with Crippen LogP contribution in [-0.4, -0.2) is 25.8 Å². The third kappa shape index (κ3) is 3.86. The number of hydrogen-bond donors (Lipinski definition) is 1. The number of pyridine rings is 2. The van der Waals surface area contributed by atoms with Crippen LogP contribution < -0.4 is 5.32 Å². The molecule has 1 fully saturated rings. The van der Waals surface area contributed by atoms with Gasteiger partial charge in [0.2, 0.25) is 0 Å². The maximum Gasteiger partial charge on any atom is 0.172 e. The van der Waals surface area contributed by atoms with Crippen molar-refractivity contribution in [2.75, 3.05) is 0 Å². The molecular formula is C20H21Cl2N5. The molecule has 0 aromatic carbocycles. The minimum Gasteiger partial charge on any atom is -0.308 e. The average molecular weight is 402 g/mol. The quantitative estimate of drug-likeness (QED) is 0.612. The van der Waals surface area contributed by atoms with E-state index in [2.05, 4.69) is 22.2 Å². The SMILES string of the molecule is Cc1c(CNC2CCCC2)nn(-c2ncccc2Cl)c1-c1ccc(Cl)nc1. The highest BCUT2D eigenvalue weighted by Crippen LogP contribution is 2.31. The van der Waals surface area contributed by atoms with E-state index in [-0.39, 0.29) is 0 Å². The lowest BCUT2D eigenvalue weighted by Gasteiger charge is -2.10. The van der Waals surface area contributed by atoms with Gasteiger partial charge in [0.05, 0.1) is 16.4 Å². The lowest BCUT2D eigenvalue weighted by atomic mass is 10.1. The first kappa shape index (κ1) is 18.4. The Bertz CT molecular complexity index is 930. The molecule has 3 aromatic rings. The van der Waals surface area contributed by atoms with Gasteiger partial charge in [0, 0.05) is 36.1 Å². The molecule has 3 heterocycles. The van der Waals surface area contributed by atoms with Crippen LogP contribution in [0.1, 0.15) is 36.9 Å². The standard InChI is InChI=1S/C20H21Cl2N5/c1-13-17(12-24-15-5-2-3-6-15)26-27(20-16(21)7-4-10-23-20)19(13)14-8-9-18(22)25-11-14/h4,7-11,15,24H,2-3,5-6,12H2,1H3. The fraction of sp³-hybridized carbons (Fsp3) is 0.350. The summed E-state index contributed by atoms with van der Waals surface area (Å²) in [5.41, 5.74) is 3.95. The van der Waals surface area contributed by atoms with E-state index in [4.69, 9.17) is 28.3 Å². The van der Waals surface area contributed by atoms with E-state index in [0.29, 0.717) is 22.0 Å². The average Bonchev–Trinajstić information content (AvgIpc) is 3.29. The second-order valence-corrected chi connectivity index (χ2v) is 7.67. The van der Waals surface area contributed by atoms with Crippen molar-refractivity contribution in [2.45, 2.75) is 45.2 Å². The number of halogens is 2. The van der Waals surface area contributed by atoms with E-state index >= 15 is 0 Å². The summed E-state index contributed by atoms with van der Waals surface area (Å²) in [5.74, 6) is 0.610. The Kier molecular flexibility index (Phi) is 5.43. The summed E-state index contributed by atoms with van der Waals surface area (Å²) in [5, 5.41) is 9.50. The van der Waals surface area contributed by atoms with Gasteiger partial charge >= 0.3 is 0 Å². The normalized spacial score (nSPS) is 14.8. The zero-order chi connectivity index (χ0) is 18.8. The second kappa shape index (κ2) is 7.97. The zero-order valence-electron chi connectivity index (χ0n) is 15.1. The Morgan fingerprint density at radius 3 is 2.67 bits per heavy atom. The van der Waals surface area contributed by atoms with Gasteiger partial charge in [0.1, 0.15) is 5.15 Å². The molecule has 1 aliphatic rings. The molecule has 1 saturated carbocycles. The molecule has 0 aliphatic heterocycles. The third-order valence-electron chi connectivity index (χ3n) is 5.07. The molecule has 7 heteroatoms.